The highest BCUT2D eigenvalue weighted by Gasteiger charge is 2.16. The van der Waals surface area contributed by atoms with Gasteiger partial charge in [-0.25, -0.2) is 4.79 Å². The highest BCUT2D eigenvalue weighted by molar-refractivity contribution is 7.17. The highest BCUT2D eigenvalue weighted by atomic mass is 35.5. The van der Waals surface area contributed by atoms with Crippen LogP contribution in [0.5, 0.6) is 0 Å². The first-order chi connectivity index (χ1) is 16.8. The number of aromatic nitrogens is 2. The van der Waals surface area contributed by atoms with Crippen LogP contribution in [0.2, 0.25) is 5.02 Å². The van der Waals surface area contributed by atoms with Crippen LogP contribution in [-0.4, -0.2) is 26.5 Å². The van der Waals surface area contributed by atoms with Gasteiger partial charge in [0.1, 0.15) is 4.70 Å². The molecule has 0 spiro atoms. The molecule has 0 radical (unpaired) electrons. The number of nitrogens with one attached hydrogen (secondary N) is 1. The number of rotatable bonds is 9. The van der Waals surface area contributed by atoms with Crippen molar-refractivity contribution >= 4 is 44.7 Å². The minimum atomic E-state index is -0.568. The Morgan fingerprint density at radius 3 is 2.57 bits per heavy atom. The van der Waals surface area contributed by atoms with Crippen LogP contribution in [0.15, 0.2) is 69.6 Å². The Morgan fingerprint density at radius 2 is 1.83 bits per heavy atom. The Kier molecular flexibility index (Phi) is 7.42. The molecule has 0 aliphatic heterocycles. The summed E-state index contributed by atoms with van der Waals surface area (Å²) in [7, 11) is 0. The molecule has 0 bridgehead atoms. The summed E-state index contributed by atoms with van der Waals surface area (Å²) < 4.78 is 2.85. The summed E-state index contributed by atoms with van der Waals surface area (Å²) in [6.07, 6.45) is 0.587. The van der Waals surface area contributed by atoms with Crippen molar-refractivity contribution in [1.29, 1.82) is 0 Å². The van der Waals surface area contributed by atoms with Crippen LogP contribution in [0.3, 0.4) is 0 Å². The van der Waals surface area contributed by atoms with Crippen molar-refractivity contribution in [1.82, 2.24) is 14.5 Å². The second kappa shape index (κ2) is 10.7. The van der Waals surface area contributed by atoms with E-state index in [0.29, 0.717) is 33.8 Å². The summed E-state index contributed by atoms with van der Waals surface area (Å²) in [5.41, 5.74) is 0.934. The molecule has 0 saturated carbocycles. The van der Waals surface area contributed by atoms with E-state index < -0.39 is 16.2 Å². The van der Waals surface area contributed by atoms with Gasteiger partial charge < -0.3 is 5.32 Å². The number of nitro benzene ring substituents is 1. The first kappa shape index (κ1) is 24.4. The second-order valence-electron chi connectivity index (χ2n) is 7.86. The summed E-state index contributed by atoms with van der Waals surface area (Å²) in [6.45, 7) is 0.394. The molecule has 2 aromatic heterocycles. The molecular weight excluding hydrogens is 492 g/mol. The average Bonchev–Trinajstić information content (AvgIpc) is 3.33. The lowest BCUT2D eigenvalue weighted by molar-refractivity contribution is -0.384. The molecule has 2 aromatic carbocycles. The predicted molar refractivity (Wildman–Crippen MR) is 135 cm³/mol. The van der Waals surface area contributed by atoms with Gasteiger partial charge in [-0.2, -0.15) is 0 Å². The summed E-state index contributed by atoms with van der Waals surface area (Å²) in [4.78, 5) is 49.1. The molecule has 0 fully saturated rings. The standard InChI is InChI=1S/C24H21ClN4O5S/c25-18-6-4-16(5-7-18)8-11-26-21(30)9-12-27-23(31)22-20(10-13-35-22)28(24(27)32)15-17-2-1-3-19(14-17)29(33)34/h1-7,10,13-14H,8-9,11-12,15H2,(H,26,30). The van der Waals surface area contributed by atoms with E-state index in [2.05, 4.69) is 5.32 Å². The fraction of sp³-hybridized carbons (Fsp3) is 0.208. The third-order valence-electron chi connectivity index (χ3n) is 5.51. The minimum Gasteiger partial charge on any atom is -0.356 e. The number of benzene rings is 2. The second-order valence-corrected chi connectivity index (χ2v) is 9.22. The van der Waals surface area contributed by atoms with Crippen LogP contribution in [0.4, 0.5) is 5.69 Å². The predicted octanol–water partition coefficient (Wildman–Crippen LogP) is 3.58. The van der Waals surface area contributed by atoms with Gasteiger partial charge in [0, 0.05) is 36.7 Å². The van der Waals surface area contributed by atoms with Gasteiger partial charge in [0.05, 0.1) is 17.0 Å². The number of halogens is 1. The molecule has 35 heavy (non-hydrogen) atoms. The van der Waals surface area contributed by atoms with Crippen LogP contribution < -0.4 is 16.6 Å². The van der Waals surface area contributed by atoms with Gasteiger partial charge in [0.2, 0.25) is 5.91 Å². The molecule has 2 heterocycles. The molecule has 1 amide bonds. The average molecular weight is 513 g/mol. The van der Waals surface area contributed by atoms with E-state index in [1.165, 1.54) is 28.0 Å². The number of amides is 1. The van der Waals surface area contributed by atoms with Crippen molar-refractivity contribution in [2.75, 3.05) is 6.54 Å². The number of non-ortho nitro benzene ring substituents is 1. The van der Waals surface area contributed by atoms with Gasteiger partial charge in [-0.05, 0) is 41.1 Å². The maximum atomic E-state index is 13.2. The Morgan fingerprint density at radius 1 is 1.06 bits per heavy atom. The zero-order valence-corrected chi connectivity index (χ0v) is 20.1. The number of carbonyl (C=O) groups is 1. The molecule has 0 aliphatic rings. The van der Waals surface area contributed by atoms with Gasteiger partial charge in [-0.1, -0.05) is 35.9 Å². The SMILES string of the molecule is O=C(CCn1c(=O)c2sccc2n(Cc2cccc([N+](=O)[O-])c2)c1=O)NCCc1ccc(Cl)cc1. The summed E-state index contributed by atoms with van der Waals surface area (Å²) >= 11 is 7.08. The van der Waals surface area contributed by atoms with E-state index in [9.17, 15) is 24.5 Å². The molecular formula is C24H21ClN4O5S. The normalized spacial score (nSPS) is 11.0. The van der Waals surface area contributed by atoms with Crippen molar-refractivity contribution in [3.8, 4) is 0 Å². The third kappa shape index (κ3) is 5.67. The van der Waals surface area contributed by atoms with Crippen LogP contribution in [-0.2, 0) is 24.3 Å². The number of nitro groups is 1. The number of fused-ring (bicyclic) bond motifs is 1. The highest BCUT2D eigenvalue weighted by Crippen LogP contribution is 2.18. The number of thiophene rings is 1. The smallest absolute Gasteiger partial charge is 0.331 e. The molecule has 4 aromatic rings. The topological polar surface area (TPSA) is 116 Å². The Balaban J connectivity index is 1.50. The quantitative estimate of drug-likeness (QED) is 0.272. The van der Waals surface area contributed by atoms with Gasteiger partial charge >= 0.3 is 5.69 Å². The lowest BCUT2D eigenvalue weighted by Crippen LogP contribution is -2.41. The van der Waals surface area contributed by atoms with Crippen molar-refractivity contribution in [3.63, 3.8) is 0 Å². The molecule has 0 aliphatic carbocycles. The monoisotopic (exact) mass is 512 g/mol. The Hall–Kier alpha value is -3.76. The minimum absolute atomic E-state index is 0.0382. The van der Waals surface area contributed by atoms with Gasteiger partial charge in [-0.15, -0.1) is 11.3 Å². The molecule has 1 N–H and O–H groups in total. The first-order valence-corrected chi connectivity index (χ1v) is 12.0. The molecule has 0 atom stereocenters. The number of hydrogen-bond acceptors (Lipinski definition) is 6. The van der Waals surface area contributed by atoms with Crippen LogP contribution in [0.1, 0.15) is 17.5 Å². The van der Waals surface area contributed by atoms with E-state index in [0.717, 1.165) is 10.1 Å². The largest absolute Gasteiger partial charge is 0.356 e. The van der Waals surface area contributed by atoms with E-state index >= 15 is 0 Å². The lowest BCUT2D eigenvalue weighted by atomic mass is 10.1. The lowest BCUT2D eigenvalue weighted by Gasteiger charge is -2.12. The number of hydrogen-bond donors (Lipinski definition) is 1. The van der Waals surface area contributed by atoms with Gasteiger partial charge in [0.15, 0.2) is 0 Å². The molecule has 4 rings (SSSR count). The first-order valence-electron chi connectivity index (χ1n) is 10.8. The summed E-state index contributed by atoms with van der Waals surface area (Å²) in [6, 6.07) is 15.0. The molecule has 9 nitrogen and oxygen atoms in total. The Labute approximate surface area is 208 Å². The van der Waals surface area contributed by atoms with Crippen LogP contribution >= 0.6 is 22.9 Å². The van der Waals surface area contributed by atoms with E-state index in [1.807, 2.05) is 12.1 Å². The van der Waals surface area contributed by atoms with Crippen LogP contribution in [0, 0.1) is 10.1 Å². The van der Waals surface area contributed by atoms with Crippen LogP contribution in [0.25, 0.3) is 10.2 Å². The maximum Gasteiger partial charge on any atom is 0.331 e. The number of carbonyl (C=O) groups excluding carboxylic acids is 1. The third-order valence-corrected chi connectivity index (χ3v) is 6.65. The summed E-state index contributed by atoms with van der Waals surface area (Å²) in [5.74, 6) is -0.276. The van der Waals surface area contributed by atoms with Crippen molar-refractivity contribution in [2.45, 2.75) is 25.9 Å². The molecule has 0 saturated heterocycles. The van der Waals surface area contributed by atoms with E-state index in [-0.39, 0.29) is 31.1 Å². The molecule has 0 unspecified atom stereocenters. The van der Waals surface area contributed by atoms with E-state index in [1.54, 1.807) is 35.7 Å². The van der Waals surface area contributed by atoms with E-state index in [4.69, 9.17) is 11.6 Å². The van der Waals surface area contributed by atoms with Gasteiger partial charge in [0.25, 0.3) is 11.2 Å². The fourth-order valence-electron chi connectivity index (χ4n) is 3.73. The van der Waals surface area contributed by atoms with Crippen molar-refractivity contribution < 1.29 is 9.72 Å². The fourth-order valence-corrected chi connectivity index (χ4v) is 4.70. The summed E-state index contributed by atoms with van der Waals surface area (Å²) in [5, 5.41) is 16.3. The number of nitrogens with zero attached hydrogens (tertiary/aromatic N) is 3. The van der Waals surface area contributed by atoms with Crippen molar-refractivity contribution in [3.05, 3.63) is 107 Å². The Bertz CT molecular complexity index is 1510. The van der Waals surface area contributed by atoms with Gasteiger partial charge in [-0.3, -0.25) is 28.8 Å². The molecule has 11 heteroatoms. The van der Waals surface area contributed by atoms with Crippen molar-refractivity contribution in [2.24, 2.45) is 0 Å². The molecule has 180 valence electrons. The zero-order valence-electron chi connectivity index (χ0n) is 18.5. The zero-order chi connectivity index (χ0) is 24.9. The maximum absolute atomic E-state index is 13.2.